The van der Waals surface area contributed by atoms with E-state index in [0.29, 0.717) is 12.0 Å². The van der Waals surface area contributed by atoms with Crippen LogP contribution >= 0.6 is 0 Å². The molecule has 0 bridgehead atoms. The molecule has 0 fully saturated rings. The monoisotopic (exact) mass is 328 g/mol. The van der Waals surface area contributed by atoms with Crippen LogP contribution < -0.4 is 0 Å². The predicted octanol–water partition coefficient (Wildman–Crippen LogP) is 2.82. The minimum Gasteiger partial charge on any atom is -0.461 e. The molecule has 0 aliphatic rings. The van der Waals surface area contributed by atoms with Gasteiger partial charge in [0.15, 0.2) is 0 Å². The van der Waals surface area contributed by atoms with Crippen LogP contribution in [0.3, 0.4) is 0 Å². The van der Waals surface area contributed by atoms with Gasteiger partial charge in [-0.15, -0.1) is 0 Å². The molecule has 0 aromatic heterocycles. The molecule has 2 rings (SSSR count). The number of aliphatic hydroxyl groups is 2. The molecule has 0 saturated heterocycles. The maximum atomic E-state index is 12.5. The number of esters is 1. The van der Waals surface area contributed by atoms with Crippen molar-refractivity contribution < 1.29 is 19.7 Å². The minimum absolute atomic E-state index is 0.239. The van der Waals surface area contributed by atoms with Gasteiger partial charge in [0, 0.05) is 0 Å². The van der Waals surface area contributed by atoms with E-state index >= 15 is 0 Å². The van der Waals surface area contributed by atoms with Gasteiger partial charge >= 0.3 is 5.97 Å². The molecule has 2 aromatic rings. The van der Waals surface area contributed by atoms with Crippen molar-refractivity contribution in [1.29, 1.82) is 0 Å². The molecule has 4 heteroatoms. The Bertz CT molecular complexity index is 639. The molecule has 2 aromatic carbocycles. The Kier molecular flexibility index (Phi) is 6.12. The smallest absolute Gasteiger partial charge is 0.345 e. The maximum absolute atomic E-state index is 12.5. The zero-order chi connectivity index (χ0) is 17.6. The van der Waals surface area contributed by atoms with Crippen LogP contribution in [0.25, 0.3) is 0 Å². The number of benzene rings is 2. The minimum atomic E-state index is -2.08. The van der Waals surface area contributed by atoms with Gasteiger partial charge in [-0.2, -0.15) is 0 Å². The summed E-state index contributed by atoms with van der Waals surface area (Å²) in [5, 5.41) is 21.6. The molecule has 0 radical (unpaired) electrons. The fraction of sp³-hybridized carbons (Fsp3) is 0.350. The molecule has 128 valence electrons. The lowest BCUT2D eigenvalue weighted by Crippen LogP contribution is -2.48. The highest BCUT2D eigenvalue weighted by Crippen LogP contribution is 2.30. The molecule has 0 aliphatic heterocycles. The normalized spacial score (nSPS) is 14.9. The molecule has 0 spiro atoms. The van der Waals surface area contributed by atoms with E-state index < -0.39 is 17.7 Å². The Hall–Kier alpha value is -2.17. The summed E-state index contributed by atoms with van der Waals surface area (Å²) < 4.78 is 5.19. The van der Waals surface area contributed by atoms with E-state index in [1.54, 1.807) is 44.2 Å². The Morgan fingerprint density at radius 3 is 2.12 bits per heavy atom. The van der Waals surface area contributed by atoms with E-state index in [4.69, 9.17) is 4.74 Å². The maximum Gasteiger partial charge on any atom is 0.345 e. The van der Waals surface area contributed by atoms with E-state index in [1.165, 1.54) is 0 Å². The van der Waals surface area contributed by atoms with Gasteiger partial charge in [-0.05, 0) is 37.8 Å². The second-order valence-corrected chi connectivity index (χ2v) is 6.13. The lowest BCUT2D eigenvalue weighted by Gasteiger charge is -2.32. The number of hydrogen-bond acceptors (Lipinski definition) is 4. The number of aryl methyl sites for hydroxylation is 1. The Balaban J connectivity index is 2.23. The average Bonchev–Trinajstić information content (AvgIpc) is 2.60. The first-order chi connectivity index (χ1) is 11.4. The van der Waals surface area contributed by atoms with Gasteiger partial charge in [0.05, 0.1) is 12.2 Å². The van der Waals surface area contributed by atoms with Crippen LogP contribution in [-0.2, 0) is 21.6 Å². The average molecular weight is 328 g/mol. The van der Waals surface area contributed by atoms with Crippen molar-refractivity contribution in [3.63, 3.8) is 0 Å². The highest BCUT2D eigenvalue weighted by Gasteiger charge is 2.46. The number of ether oxygens (including phenoxy) is 1. The van der Waals surface area contributed by atoms with E-state index in [0.717, 1.165) is 5.56 Å². The Morgan fingerprint density at radius 1 is 1.04 bits per heavy atom. The van der Waals surface area contributed by atoms with Crippen molar-refractivity contribution in [2.24, 2.45) is 0 Å². The zero-order valence-corrected chi connectivity index (χ0v) is 14.1. The molecule has 2 N–H and O–H groups in total. The molecular formula is C20H24O4. The van der Waals surface area contributed by atoms with Crippen LogP contribution in [0, 0.1) is 0 Å². The van der Waals surface area contributed by atoms with Crippen molar-refractivity contribution in [3.8, 4) is 0 Å². The van der Waals surface area contributed by atoms with Gasteiger partial charge in [0.2, 0.25) is 5.60 Å². The third kappa shape index (κ3) is 4.22. The van der Waals surface area contributed by atoms with E-state index in [-0.39, 0.29) is 12.5 Å². The summed E-state index contributed by atoms with van der Waals surface area (Å²) >= 11 is 0. The van der Waals surface area contributed by atoms with E-state index in [2.05, 4.69) is 0 Å². The summed E-state index contributed by atoms with van der Waals surface area (Å²) in [6, 6.07) is 18.1. The van der Waals surface area contributed by atoms with Crippen LogP contribution in [0.2, 0.25) is 0 Å². The zero-order valence-electron chi connectivity index (χ0n) is 14.1. The van der Waals surface area contributed by atoms with Crippen molar-refractivity contribution in [2.45, 2.75) is 44.5 Å². The van der Waals surface area contributed by atoms with Crippen molar-refractivity contribution in [2.75, 3.05) is 0 Å². The number of rotatable bonds is 7. The number of aliphatic hydroxyl groups excluding tert-OH is 1. The third-order valence-electron chi connectivity index (χ3n) is 3.90. The molecule has 4 nitrogen and oxygen atoms in total. The van der Waals surface area contributed by atoms with Crippen LogP contribution in [0.4, 0.5) is 0 Å². The summed E-state index contributed by atoms with van der Waals surface area (Å²) in [6.45, 7) is 3.42. The first-order valence-corrected chi connectivity index (χ1v) is 8.15. The van der Waals surface area contributed by atoms with Gasteiger partial charge in [-0.1, -0.05) is 60.7 Å². The van der Waals surface area contributed by atoms with Crippen LogP contribution in [0.1, 0.15) is 31.4 Å². The standard InChI is InChI=1S/C20H24O4/c1-15(2)24-19(22)20(23,17-11-7-4-8-12-17)18(21)14-13-16-9-5-3-6-10-16/h3-12,15,18,21,23H,13-14H2,1-2H3/t18-,20+/m1/s1. The van der Waals surface area contributed by atoms with Gasteiger partial charge in [0.1, 0.15) is 0 Å². The van der Waals surface area contributed by atoms with Crippen molar-refractivity contribution in [1.82, 2.24) is 0 Å². The van der Waals surface area contributed by atoms with Crippen LogP contribution in [0.5, 0.6) is 0 Å². The molecule has 0 unspecified atom stereocenters. The highest BCUT2D eigenvalue weighted by molar-refractivity contribution is 5.82. The van der Waals surface area contributed by atoms with Crippen LogP contribution in [0.15, 0.2) is 60.7 Å². The molecule has 0 saturated carbocycles. The summed E-state index contributed by atoms with van der Waals surface area (Å²) in [5.74, 6) is -0.829. The summed E-state index contributed by atoms with van der Waals surface area (Å²) in [6.07, 6.45) is -0.866. The molecule has 2 atom stereocenters. The van der Waals surface area contributed by atoms with Crippen molar-refractivity contribution in [3.05, 3.63) is 71.8 Å². The quantitative estimate of drug-likeness (QED) is 0.767. The van der Waals surface area contributed by atoms with Gasteiger partial charge in [-0.3, -0.25) is 0 Å². The third-order valence-corrected chi connectivity index (χ3v) is 3.90. The number of carbonyl (C=O) groups is 1. The summed E-state index contributed by atoms with van der Waals surface area (Å²) in [7, 11) is 0. The SMILES string of the molecule is CC(C)OC(=O)[C@](O)(c1ccccc1)[C@H](O)CCc1ccccc1. The fourth-order valence-electron chi connectivity index (χ4n) is 2.60. The molecule has 0 heterocycles. The largest absolute Gasteiger partial charge is 0.461 e. The second-order valence-electron chi connectivity index (χ2n) is 6.13. The number of hydrogen-bond donors (Lipinski definition) is 2. The lowest BCUT2D eigenvalue weighted by molar-refractivity contribution is -0.185. The van der Waals surface area contributed by atoms with Gasteiger partial charge in [0.25, 0.3) is 0 Å². The summed E-state index contributed by atoms with van der Waals surface area (Å²) in [4.78, 5) is 12.5. The first kappa shape index (κ1) is 18.2. The first-order valence-electron chi connectivity index (χ1n) is 8.15. The lowest BCUT2D eigenvalue weighted by atomic mass is 9.85. The van der Waals surface area contributed by atoms with E-state index in [1.807, 2.05) is 30.3 Å². The Morgan fingerprint density at radius 2 is 1.58 bits per heavy atom. The molecule has 24 heavy (non-hydrogen) atoms. The van der Waals surface area contributed by atoms with E-state index in [9.17, 15) is 15.0 Å². The fourth-order valence-corrected chi connectivity index (χ4v) is 2.60. The second kappa shape index (κ2) is 8.08. The predicted molar refractivity (Wildman–Crippen MR) is 92.3 cm³/mol. The molecular weight excluding hydrogens is 304 g/mol. The van der Waals surface area contributed by atoms with Crippen LogP contribution in [-0.4, -0.2) is 28.4 Å². The molecule has 0 aliphatic carbocycles. The van der Waals surface area contributed by atoms with Crippen molar-refractivity contribution >= 4 is 5.97 Å². The summed E-state index contributed by atoms with van der Waals surface area (Å²) in [5.41, 5.74) is -0.722. The highest BCUT2D eigenvalue weighted by atomic mass is 16.6. The van der Waals surface area contributed by atoms with Gasteiger partial charge in [-0.25, -0.2) is 4.79 Å². The Labute approximate surface area is 142 Å². The number of carbonyl (C=O) groups excluding carboxylic acids is 1. The topological polar surface area (TPSA) is 66.8 Å². The van der Waals surface area contributed by atoms with Gasteiger partial charge < -0.3 is 14.9 Å². The molecule has 0 amide bonds.